The average Bonchev–Trinajstić information content (AvgIpc) is 4.06. The third-order valence-corrected chi connectivity index (χ3v) is 16.4. The Morgan fingerprint density at radius 1 is 0.805 bits per heavy atom. The first-order valence-electron chi connectivity index (χ1n) is 24.9. The molecule has 1 aromatic heterocycles. The fourth-order valence-corrected chi connectivity index (χ4v) is 13.4. The third kappa shape index (κ3) is 9.27. The van der Waals surface area contributed by atoms with Gasteiger partial charge in [0.25, 0.3) is 0 Å². The van der Waals surface area contributed by atoms with Gasteiger partial charge in [0.15, 0.2) is 30.5 Å². The van der Waals surface area contributed by atoms with Crippen LogP contribution in [0.3, 0.4) is 0 Å². The lowest BCUT2D eigenvalue weighted by atomic mass is 9.47. The van der Waals surface area contributed by atoms with E-state index < -0.39 is 94.2 Å². The van der Waals surface area contributed by atoms with Crippen LogP contribution in [0, 0.1) is 11.3 Å². The van der Waals surface area contributed by atoms with E-state index in [2.05, 4.69) is 58.1 Å². The van der Waals surface area contributed by atoms with Gasteiger partial charge < -0.3 is 74.8 Å². The van der Waals surface area contributed by atoms with Crippen LogP contribution < -0.4 is 9.64 Å². The predicted octanol–water partition coefficient (Wildman–Crippen LogP) is 0.508. The number of ether oxygens (including phenoxy) is 4. The van der Waals surface area contributed by atoms with Crippen LogP contribution >= 0.6 is 0 Å². The second-order valence-electron chi connectivity index (χ2n) is 20.3. The van der Waals surface area contributed by atoms with Crippen molar-refractivity contribution in [2.75, 3.05) is 59.5 Å². The number of aromatic nitrogens is 1. The molecule has 6 aliphatic rings. The largest absolute Gasteiger partial charge is 0.496 e. The predicted molar refractivity (Wildman–Crippen MR) is 269 cm³/mol. The molecule has 1 spiro atoms. The van der Waals surface area contributed by atoms with E-state index in [1.54, 1.807) is 7.11 Å². The minimum absolute atomic E-state index is 0.0284. The molecule has 24 heteroatoms. The van der Waals surface area contributed by atoms with Gasteiger partial charge in [-0.25, -0.2) is 24.0 Å². The standard InChI is InChI=1S/C45H54N4O8.2C4H6O6/c1-8-27-19-28-22-44(40(51)55-6,36-30(25-48(23-27)24-28)29-13-10-11-14-33(29)46-36)32-20-31-34(21-35(32)54-5)47(4)38-43(31)16-18-49-17-12-15-42(9-2,37(43)49)39(57-26(3)50)45(38,53)41(52)56-7;2*5-1(3(7)8)2(6)4(9)10/h10-15,19-21,28,37-39,46,53H,8-9,16-18,22-25H2,1-7H3;2*1-2,5-6H,(H,7,8)(H,9,10)/t28-,37-,38+,39+,42+,43+,44-,45+;2*1-,2-/m011/s1. The highest BCUT2D eigenvalue weighted by Crippen LogP contribution is 2.68. The van der Waals surface area contributed by atoms with Gasteiger partial charge in [-0.2, -0.15) is 0 Å². The van der Waals surface area contributed by atoms with Gasteiger partial charge in [0.1, 0.15) is 11.2 Å². The number of H-pyrrole nitrogens is 1. The van der Waals surface area contributed by atoms with Gasteiger partial charge in [0.2, 0.25) is 5.60 Å². The topological polar surface area (TPSA) is 364 Å². The summed E-state index contributed by atoms with van der Waals surface area (Å²) in [4.78, 5) is 92.2. The maximum atomic E-state index is 15.2. The Bertz CT molecular complexity index is 2830. The molecule has 1 aliphatic carbocycles. The van der Waals surface area contributed by atoms with Gasteiger partial charge in [-0.15, -0.1) is 0 Å². The zero-order valence-electron chi connectivity index (χ0n) is 43.5. The number of para-hydroxylation sites is 1. The van der Waals surface area contributed by atoms with Crippen LogP contribution in [0.25, 0.3) is 10.9 Å². The highest BCUT2D eigenvalue weighted by molar-refractivity contribution is 5.95. The van der Waals surface area contributed by atoms with Crippen molar-refractivity contribution < 1.29 is 98.5 Å². The maximum absolute atomic E-state index is 15.2. The number of anilines is 1. The molecule has 418 valence electrons. The fraction of sp³-hybridized carbons (Fsp3) is 0.528. The highest BCUT2D eigenvalue weighted by Gasteiger charge is 2.80. The molecular formula is C53H66N4O20. The zero-order valence-corrected chi connectivity index (χ0v) is 43.5. The van der Waals surface area contributed by atoms with Gasteiger partial charge >= 0.3 is 41.8 Å². The van der Waals surface area contributed by atoms with Gasteiger partial charge in [0, 0.05) is 90.9 Å². The Morgan fingerprint density at radius 3 is 1.94 bits per heavy atom. The summed E-state index contributed by atoms with van der Waals surface area (Å²) < 4.78 is 23.9. The van der Waals surface area contributed by atoms with E-state index in [0.717, 1.165) is 52.9 Å². The Morgan fingerprint density at radius 2 is 1.40 bits per heavy atom. The molecule has 2 fully saturated rings. The number of aliphatic carboxylic acids is 4. The zero-order chi connectivity index (χ0) is 56.9. The number of benzene rings is 2. The Hall–Kier alpha value is -6.93. The molecule has 2 bridgehead atoms. The molecule has 1 saturated carbocycles. The number of carboxylic acids is 4. The van der Waals surface area contributed by atoms with Crippen LogP contribution in [0.4, 0.5) is 5.69 Å². The molecule has 9 rings (SSSR count). The van der Waals surface area contributed by atoms with E-state index in [1.807, 2.05) is 37.1 Å². The number of carboxylic acid groups (broad SMARTS) is 4. The molecule has 0 radical (unpaired) electrons. The lowest BCUT2D eigenvalue weighted by Crippen LogP contribution is -2.81. The number of fused-ring (bicyclic) bond motifs is 6. The van der Waals surface area contributed by atoms with Gasteiger partial charge in [0.05, 0.1) is 27.4 Å². The summed E-state index contributed by atoms with van der Waals surface area (Å²) in [5.74, 6) is -8.39. The molecular weight excluding hydrogens is 1010 g/mol. The second-order valence-corrected chi connectivity index (χ2v) is 20.3. The smallest absolute Gasteiger partial charge is 0.344 e. The molecule has 1 saturated heterocycles. The Balaban J connectivity index is 0.000000365. The SMILES string of the molecule is CCC1=C[C@@H]2CN(C1)Cc1c([nH]c3ccccc13)[C@@](C(=O)OC)(c1cc3c(cc1OC)N(C)[C@H]1[C@](O)(C(=O)OC)[C@H](OC(C)=O)[C@]4(CC)C=CCN5CC[C@]31[C@@H]54)C2.O=C(O)[C@H](O)[C@@H](O)C(=O)O.O=C(O)[C@H](O)[C@@H](O)C(=O)O. The van der Waals surface area contributed by atoms with E-state index in [0.29, 0.717) is 50.2 Å². The Labute approximate surface area is 441 Å². The molecule has 1 unspecified atom stereocenters. The van der Waals surface area contributed by atoms with Crippen molar-refractivity contribution in [1.82, 2.24) is 14.8 Å². The number of methoxy groups -OCH3 is 3. The molecule has 2 aromatic carbocycles. The summed E-state index contributed by atoms with van der Waals surface area (Å²) in [5, 5.41) is 79.4. The second kappa shape index (κ2) is 21.8. The number of carbonyl (C=O) groups excluding carboxylic acids is 3. The number of nitrogens with one attached hydrogen (secondary N) is 1. The van der Waals surface area contributed by atoms with Crippen molar-refractivity contribution in [3.63, 3.8) is 0 Å². The minimum Gasteiger partial charge on any atom is -0.496 e. The molecule has 10 N–H and O–H groups in total. The van der Waals surface area contributed by atoms with Crippen molar-refractivity contribution >= 4 is 58.4 Å². The molecule has 6 heterocycles. The first-order chi connectivity index (χ1) is 36.3. The minimum atomic E-state index is -2.27. The lowest BCUT2D eigenvalue weighted by Gasteiger charge is -2.63. The summed E-state index contributed by atoms with van der Waals surface area (Å²) in [7, 11) is 6.22. The molecule has 3 aromatic rings. The van der Waals surface area contributed by atoms with E-state index in [4.69, 9.17) is 59.8 Å². The normalized spacial score (nSPS) is 29.9. The number of hydrogen-bond donors (Lipinski definition) is 10. The molecule has 5 aliphatic heterocycles. The monoisotopic (exact) mass is 1080 g/mol. The molecule has 0 amide bonds. The lowest BCUT2D eigenvalue weighted by molar-refractivity contribution is -0.228. The number of hydrogen-bond acceptors (Lipinski definition) is 19. The van der Waals surface area contributed by atoms with E-state index in [9.17, 15) is 33.9 Å². The summed E-state index contributed by atoms with van der Waals surface area (Å²) in [5.41, 5.74) is 1.05. The van der Waals surface area contributed by atoms with Crippen molar-refractivity contribution in [3.8, 4) is 5.75 Å². The quantitative estimate of drug-likeness (QED) is 0.0633. The first-order valence-corrected chi connectivity index (χ1v) is 24.9. The number of aliphatic hydroxyl groups excluding tert-OH is 4. The summed E-state index contributed by atoms with van der Waals surface area (Å²) >= 11 is 0. The summed E-state index contributed by atoms with van der Waals surface area (Å²) in [6.45, 7) is 9.19. The first kappa shape index (κ1) is 57.8. The van der Waals surface area contributed by atoms with Crippen molar-refractivity contribution in [3.05, 3.63) is 82.6 Å². The average molecular weight is 1080 g/mol. The van der Waals surface area contributed by atoms with Crippen LogP contribution in [0.2, 0.25) is 0 Å². The van der Waals surface area contributed by atoms with Gasteiger partial charge in [-0.3, -0.25) is 19.4 Å². The van der Waals surface area contributed by atoms with Crippen molar-refractivity contribution in [1.29, 1.82) is 0 Å². The van der Waals surface area contributed by atoms with Crippen molar-refractivity contribution in [2.45, 2.75) is 112 Å². The number of nitrogens with zero attached hydrogens (tertiary/aromatic N) is 3. The number of likely N-dealkylation sites (N-methyl/N-ethyl adjacent to an activating group) is 1. The van der Waals surface area contributed by atoms with Crippen LogP contribution in [0.5, 0.6) is 5.75 Å². The van der Waals surface area contributed by atoms with Crippen molar-refractivity contribution in [2.24, 2.45) is 11.3 Å². The summed E-state index contributed by atoms with van der Waals surface area (Å²) in [6.07, 6.45) is -1.39. The number of aromatic amines is 1. The Kier molecular flexibility index (Phi) is 16.4. The van der Waals surface area contributed by atoms with Crippen LogP contribution in [-0.2, 0) is 65.1 Å². The van der Waals surface area contributed by atoms with Crippen LogP contribution in [0.15, 0.2) is 60.2 Å². The summed E-state index contributed by atoms with van der Waals surface area (Å²) in [6, 6.07) is 11.2. The highest BCUT2D eigenvalue weighted by atomic mass is 16.6. The van der Waals surface area contributed by atoms with E-state index in [1.165, 1.54) is 26.7 Å². The number of aliphatic hydroxyl groups is 5. The molecule has 77 heavy (non-hydrogen) atoms. The fourth-order valence-electron chi connectivity index (χ4n) is 13.4. The van der Waals surface area contributed by atoms with E-state index >= 15 is 4.79 Å². The number of carbonyl (C=O) groups is 7. The molecule has 24 nitrogen and oxygen atoms in total. The third-order valence-electron chi connectivity index (χ3n) is 16.4. The number of rotatable bonds is 13. The number of esters is 3. The van der Waals surface area contributed by atoms with E-state index in [-0.39, 0.29) is 17.9 Å². The van der Waals surface area contributed by atoms with Crippen LogP contribution in [0.1, 0.15) is 68.8 Å². The van der Waals surface area contributed by atoms with Crippen LogP contribution in [-0.4, -0.2) is 205 Å². The maximum Gasteiger partial charge on any atom is 0.344 e. The molecule has 13 atom stereocenters. The van der Waals surface area contributed by atoms with Gasteiger partial charge in [-0.1, -0.05) is 55.8 Å². The van der Waals surface area contributed by atoms with Gasteiger partial charge in [-0.05, 0) is 61.4 Å².